The summed E-state index contributed by atoms with van der Waals surface area (Å²) in [5.74, 6) is 0.310. The van der Waals surface area contributed by atoms with Gasteiger partial charge in [-0.05, 0) is 68.0 Å². The molecule has 0 spiro atoms. The van der Waals surface area contributed by atoms with Crippen LogP contribution in [-0.2, 0) is 0 Å². The molecule has 1 amide bonds. The number of fused-ring (bicyclic) bond motifs is 1. The van der Waals surface area contributed by atoms with Crippen LogP contribution in [0.4, 0.5) is 4.39 Å². The number of aromatic nitrogens is 1. The fourth-order valence-electron chi connectivity index (χ4n) is 4.85. The molecule has 0 bridgehead atoms. The molecule has 0 saturated carbocycles. The molecule has 3 heterocycles. The summed E-state index contributed by atoms with van der Waals surface area (Å²) in [6, 6.07) is 7.77. The Balaban J connectivity index is 1.52. The number of pyridine rings is 1. The lowest BCUT2D eigenvalue weighted by Gasteiger charge is -2.48. The van der Waals surface area contributed by atoms with Crippen molar-refractivity contribution >= 4 is 5.91 Å². The molecule has 0 radical (unpaired) electrons. The molecule has 154 valence electrons. The van der Waals surface area contributed by atoms with E-state index in [1.54, 1.807) is 7.11 Å². The highest BCUT2D eigenvalue weighted by molar-refractivity contribution is 5.94. The number of methoxy groups -OCH3 is 1. The van der Waals surface area contributed by atoms with E-state index < -0.39 is 5.95 Å². The minimum absolute atomic E-state index is 0.0595. The molecule has 2 atom stereocenters. The Morgan fingerprint density at radius 2 is 1.97 bits per heavy atom. The maximum absolute atomic E-state index is 13.1. The van der Waals surface area contributed by atoms with E-state index in [1.165, 1.54) is 35.0 Å². The summed E-state index contributed by atoms with van der Waals surface area (Å²) in [6.45, 7) is 6.53. The first-order valence-electron chi connectivity index (χ1n) is 10.3. The summed E-state index contributed by atoms with van der Waals surface area (Å²) < 4.78 is 18.6. The van der Waals surface area contributed by atoms with Crippen LogP contribution in [-0.4, -0.2) is 53.5 Å². The highest BCUT2D eigenvalue weighted by Gasteiger charge is 2.37. The van der Waals surface area contributed by atoms with Crippen LogP contribution >= 0.6 is 0 Å². The van der Waals surface area contributed by atoms with Crippen LogP contribution in [0.1, 0.15) is 52.4 Å². The van der Waals surface area contributed by atoms with Gasteiger partial charge >= 0.3 is 0 Å². The number of piperidine rings is 1. The van der Waals surface area contributed by atoms with Gasteiger partial charge in [-0.1, -0.05) is 6.07 Å². The van der Waals surface area contributed by atoms with Gasteiger partial charge in [0.1, 0.15) is 5.75 Å². The number of amides is 1. The van der Waals surface area contributed by atoms with Gasteiger partial charge < -0.3 is 9.64 Å². The molecular formula is C23H28FN3O2. The molecule has 2 unspecified atom stereocenters. The fourth-order valence-corrected chi connectivity index (χ4v) is 4.85. The van der Waals surface area contributed by atoms with Crippen LogP contribution in [0.15, 0.2) is 30.5 Å². The lowest BCUT2D eigenvalue weighted by atomic mass is 9.86. The predicted octanol–water partition coefficient (Wildman–Crippen LogP) is 3.90. The summed E-state index contributed by atoms with van der Waals surface area (Å²) >= 11 is 0. The van der Waals surface area contributed by atoms with E-state index in [1.807, 2.05) is 4.90 Å². The van der Waals surface area contributed by atoms with E-state index in [9.17, 15) is 9.18 Å². The molecule has 0 aliphatic carbocycles. The van der Waals surface area contributed by atoms with Crippen LogP contribution in [0.5, 0.6) is 5.75 Å². The van der Waals surface area contributed by atoms with Crippen molar-refractivity contribution in [3.8, 4) is 5.75 Å². The lowest BCUT2D eigenvalue weighted by molar-refractivity contribution is 0.0101. The van der Waals surface area contributed by atoms with E-state index in [4.69, 9.17) is 4.74 Å². The quantitative estimate of drug-likeness (QED) is 0.737. The van der Waals surface area contributed by atoms with Crippen molar-refractivity contribution in [3.63, 3.8) is 0 Å². The molecule has 2 fully saturated rings. The molecule has 29 heavy (non-hydrogen) atoms. The topological polar surface area (TPSA) is 45.7 Å². The van der Waals surface area contributed by atoms with Gasteiger partial charge in [0.05, 0.1) is 12.7 Å². The van der Waals surface area contributed by atoms with Crippen LogP contribution in [0.25, 0.3) is 0 Å². The van der Waals surface area contributed by atoms with Gasteiger partial charge in [-0.3, -0.25) is 9.69 Å². The molecule has 2 saturated heterocycles. The fraction of sp³-hybridized carbons (Fsp3) is 0.478. The van der Waals surface area contributed by atoms with Crippen molar-refractivity contribution in [1.82, 2.24) is 14.8 Å². The zero-order valence-electron chi connectivity index (χ0n) is 17.3. The molecule has 6 heteroatoms. The second kappa shape index (κ2) is 8.11. The smallest absolute Gasteiger partial charge is 0.255 e. The normalized spacial score (nSPS) is 22.3. The van der Waals surface area contributed by atoms with Crippen molar-refractivity contribution in [3.05, 3.63) is 58.7 Å². The molecule has 2 aliphatic heterocycles. The van der Waals surface area contributed by atoms with E-state index in [0.29, 0.717) is 30.7 Å². The third-order valence-electron chi connectivity index (χ3n) is 6.56. The maximum Gasteiger partial charge on any atom is 0.255 e. The molecule has 1 aromatic heterocycles. The van der Waals surface area contributed by atoms with Crippen molar-refractivity contribution in [2.75, 3.05) is 26.7 Å². The molecule has 0 N–H and O–H groups in total. The van der Waals surface area contributed by atoms with Crippen LogP contribution in [0.3, 0.4) is 0 Å². The van der Waals surface area contributed by atoms with Crippen molar-refractivity contribution in [2.24, 2.45) is 0 Å². The van der Waals surface area contributed by atoms with Gasteiger partial charge in [-0.25, -0.2) is 4.98 Å². The number of hydrogen-bond acceptors (Lipinski definition) is 4. The van der Waals surface area contributed by atoms with Crippen molar-refractivity contribution in [1.29, 1.82) is 0 Å². The Bertz CT molecular complexity index is 900. The average Bonchev–Trinajstić information content (AvgIpc) is 2.75. The summed E-state index contributed by atoms with van der Waals surface area (Å²) in [6.07, 6.45) is 4.71. The highest BCUT2D eigenvalue weighted by Crippen LogP contribution is 2.39. The minimum atomic E-state index is -0.563. The molecular weight excluding hydrogens is 369 g/mol. The zero-order valence-corrected chi connectivity index (χ0v) is 17.3. The third-order valence-corrected chi connectivity index (χ3v) is 6.56. The van der Waals surface area contributed by atoms with Crippen LogP contribution in [0, 0.1) is 19.8 Å². The molecule has 4 rings (SSSR count). The third kappa shape index (κ3) is 3.73. The molecule has 5 nitrogen and oxygen atoms in total. The van der Waals surface area contributed by atoms with E-state index in [0.717, 1.165) is 31.6 Å². The van der Waals surface area contributed by atoms with Gasteiger partial charge in [-0.2, -0.15) is 4.39 Å². The second-order valence-corrected chi connectivity index (χ2v) is 8.07. The van der Waals surface area contributed by atoms with Gasteiger partial charge in [0.2, 0.25) is 5.95 Å². The second-order valence-electron chi connectivity index (χ2n) is 8.07. The highest BCUT2D eigenvalue weighted by atomic mass is 19.1. The number of rotatable bonds is 3. The number of carbonyl (C=O) groups is 1. The number of piperazine rings is 1. The maximum atomic E-state index is 13.1. The number of hydrogen-bond donors (Lipinski definition) is 0. The number of nitrogens with zero attached hydrogens (tertiary/aromatic N) is 3. The Hall–Kier alpha value is -2.47. The van der Waals surface area contributed by atoms with E-state index in [-0.39, 0.29) is 5.91 Å². The number of halogens is 1. The average molecular weight is 397 g/mol. The number of benzene rings is 1. The molecule has 2 aliphatic rings. The predicted molar refractivity (Wildman–Crippen MR) is 110 cm³/mol. The lowest BCUT2D eigenvalue weighted by Crippen LogP contribution is -2.57. The van der Waals surface area contributed by atoms with Gasteiger partial charge in [-0.15, -0.1) is 0 Å². The van der Waals surface area contributed by atoms with Gasteiger partial charge in [0, 0.05) is 37.9 Å². The van der Waals surface area contributed by atoms with E-state index >= 15 is 0 Å². The van der Waals surface area contributed by atoms with Crippen LogP contribution in [0.2, 0.25) is 0 Å². The Labute approximate surface area is 171 Å². The Morgan fingerprint density at radius 1 is 1.14 bits per heavy atom. The Kier molecular flexibility index (Phi) is 5.54. The first-order chi connectivity index (χ1) is 14.0. The zero-order chi connectivity index (χ0) is 20.5. The van der Waals surface area contributed by atoms with Gasteiger partial charge in [0.25, 0.3) is 5.91 Å². The summed E-state index contributed by atoms with van der Waals surface area (Å²) in [7, 11) is 1.71. The molecule has 2 aromatic rings. The van der Waals surface area contributed by atoms with Gasteiger partial charge in [0.15, 0.2) is 0 Å². The van der Waals surface area contributed by atoms with Crippen LogP contribution < -0.4 is 4.74 Å². The number of ether oxygens (including phenoxy) is 1. The van der Waals surface area contributed by atoms with Crippen molar-refractivity contribution in [2.45, 2.75) is 45.2 Å². The first-order valence-corrected chi connectivity index (χ1v) is 10.3. The SMILES string of the molecule is COc1ccc(C2CCCC3CN(C(=O)c4ccc(F)nc4)CCN32)c(C)c1C. The summed E-state index contributed by atoms with van der Waals surface area (Å²) in [5.41, 5.74) is 4.32. The minimum Gasteiger partial charge on any atom is -0.496 e. The Morgan fingerprint density at radius 3 is 2.69 bits per heavy atom. The van der Waals surface area contributed by atoms with Crippen molar-refractivity contribution < 1.29 is 13.9 Å². The monoisotopic (exact) mass is 397 g/mol. The standard InChI is InChI=1S/C23H28FN3O2/c1-15-16(2)21(29-3)9-8-19(15)20-6-4-5-18-14-26(11-12-27(18)20)23(28)17-7-10-22(24)25-13-17/h7-10,13,18,20H,4-6,11-12,14H2,1-3H3. The largest absolute Gasteiger partial charge is 0.496 e. The molecule has 1 aromatic carbocycles. The van der Waals surface area contributed by atoms with E-state index in [2.05, 4.69) is 35.9 Å². The first kappa shape index (κ1) is 19.8. The summed E-state index contributed by atoms with van der Waals surface area (Å²) in [4.78, 5) is 20.9. The summed E-state index contributed by atoms with van der Waals surface area (Å²) in [5, 5.41) is 0. The number of carbonyl (C=O) groups excluding carboxylic acids is 1.